The Morgan fingerprint density at radius 2 is 2.00 bits per heavy atom. The molecule has 0 radical (unpaired) electrons. The van der Waals surface area contributed by atoms with E-state index >= 15 is 0 Å². The number of phenols is 1. The van der Waals surface area contributed by atoms with Gasteiger partial charge < -0.3 is 9.84 Å². The molecule has 0 bridgehead atoms. The molecule has 0 saturated carbocycles. The molecule has 2 aromatic rings. The standard InChI is InChI=1S/C13H11ClO3/c14-7-8-17-13(16)12-10-4-2-1-3-9(10)5-6-11(12)15/h1-6,15H,7-8H2. The largest absolute Gasteiger partial charge is 0.507 e. The second kappa shape index (κ2) is 5.06. The van der Waals surface area contributed by atoms with Crippen molar-refractivity contribution >= 4 is 28.3 Å². The van der Waals surface area contributed by atoms with Crippen molar-refractivity contribution < 1.29 is 14.6 Å². The van der Waals surface area contributed by atoms with Crippen LogP contribution in [0.2, 0.25) is 0 Å². The van der Waals surface area contributed by atoms with Gasteiger partial charge >= 0.3 is 5.97 Å². The maximum Gasteiger partial charge on any atom is 0.342 e. The lowest BCUT2D eigenvalue weighted by atomic mass is 10.0. The summed E-state index contributed by atoms with van der Waals surface area (Å²) in [5.74, 6) is -0.403. The van der Waals surface area contributed by atoms with Gasteiger partial charge in [0.25, 0.3) is 0 Å². The Morgan fingerprint density at radius 3 is 2.76 bits per heavy atom. The molecule has 0 spiro atoms. The molecule has 0 aromatic heterocycles. The highest BCUT2D eigenvalue weighted by Crippen LogP contribution is 2.27. The van der Waals surface area contributed by atoms with Gasteiger partial charge in [0, 0.05) is 0 Å². The first-order valence-electron chi connectivity index (χ1n) is 5.18. The minimum absolute atomic E-state index is 0.0803. The van der Waals surface area contributed by atoms with E-state index in [1.54, 1.807) is 18.2 Å². The first kappa shape index (κ1) is 11.7. The number of carbonyl (C=O) groups is 1. The van der Waals surface area contributed by atoms with Gasteiger partial charge in [-0.1, -0.05) is 30.3 Å². The predicted octanol–water partition coefficient (Wildman–Crippen LogP) is 2.94. The highest BCUT2D eigenvalue weighted by atomic mass is 35.5. The molecule has 3 nitrogen and oxygen atoms in total. The van der Waals surface area contributed by atoms with Crippen molar-refractivity contribution in [2.45, 2.75) is 0 Å². The number of rotatable bonds is 3. The van der Waals surface area contributed by atoms with Gasteiger partial charge in [0.05, 0.1) is 5.88 Å². The Hall–Kier alpha value is -1.74. The number of ether oxygens (including phenoxy) is 1. The highest BCUT2D eigenvalue weighted by molar-refractivity contribution is 6.18. The maximum absolute atomic E-state index is 11.8. The van der Waals surface area contributed by atoms with E-state index in [4.69, 9.17) is 16.3 Å². The number of hydrogen-bond acceptors (Lipinski definition) is 3. The fraction of sp³-hybridized carbons (Fsp3) is 0.154. The van der Waals surface area contributed by atoms with Gasteiger partial charge in [0.15, 0.2) is 0 Å². The summed E-state index contributed by atoms with van der Waals surface area (Å²) < 4.78 is 4.94. The first-order chi connectivity index (χ1) is 8.24. The summed E-state index contributed by atoms with van der Waals surface area (Å²) >= 11 is 5.45. The van der Waals surface area contributed by atoms with Gasteiger partial charge in [-0.25, -0.2) is 4.79 Å². The number of aromatic hydroxyl groups is 1. The van der Waals surface area contributed by atoms with Crippen LogP contribution in [0.4, 0.5) is 0 Å². The molecule has 0 amide bonds. The van der Waals surface area contributed by atoms with Crippen molar-refractivity contribution in [1.82, 2.24) is 0 Å². The highest BCUT2D eigenvalue weighted by Gasteiger charge is 2.16. The number of hydrogen-bond donors (Lipinski definition) is 1. The zero-order chi connectivity index (χ0) is 12.3. The molecule has 1 N–H and O–H groups in total. The van der Waals surface area contributed by atoms with Crippen LogP contribution in [0.1, 0.15) is 10.4 Å². The Morgan fingerprint density at radius 1 is 1.24 bits per heavy atom. The summed E-state index contributed by atoms with van der Waals surface area (Å²) in [5.41, 5.74) is 0.188. The molecule has 0 fully saturated rings. The van der Waals surface area contributed by atoms with E-state index in [-0.39, 0.29) is 23.8 Å². The molecule has 0 saturated heterocycles. The number of carbonyl (C=O) groups excluding carboxylic acids is 1. The summed E-state index contributed by atoms with van der Waals surface area (Å²) in [6.07, 6.45) is 0. The summed E-state index contributed by atoms with van der Waals surface area (Å²) in [6.45, 7) is 0.128. The second-order valence-corrected chi connectivity index (χ2v) is 3.88. The number of phenolic OH excluding ortho intramolecular Hbond substituents is 1. The topological polar surface area (TPSA) is 46.5 Å². The average Bonchev–Trinajstić information content (AvgIpc) is 2.35. The summed E-state index contributed by atoms with van der Waals surface area (Å²) in [6, 6.07) is 10.6. The number of alkyl halides is 1. The molecular formula is C13H11ClO3. The molecule has 17 heavy (non-hydrogen) atoms. The predicted molar refractivity (Wildman–Crippen MR) is 66.6 cm³/mol. The molecule has 0 aliphatic carbocycles. The molecule has 4 heteroatoms. The number of benzene rings is 2. The minimum Gasteiger partial charge on any atom is -0.507 e. The summed E-state index contributed by atoms with van der Waals surface area (Å²) in [7, 11) is 0. The maximum atomic E-state index is 11.8. The quantitative estimate of drug-likeness (QED) is 0.673. The monoisotopic (exact) mass is 250 g/mol. The SMILES string of the molecule is O=C(OCCCl)c1c(O)ccc2ccccc12. The third-order valence-corrected chi connectivity index (χ3v) is 2.58. The van der Waals surface area contributed by atoms with Crippen molar-refractivity contribution in [2.75, 3.05) is 12.5 Å². The van der Waals surface area contributed by atoms with Gasteiger partial charge in [-0.2, -0.15) is 0 Å². The van der Waals surface area contributed by atoms with Crippen LogP contribution in [0.3, 0.4) is 0 Å². The molecule has 0 heterocycles. The summed E-state index contributed by atoms with van der Waals surface area (Å²) in [5, 5.41) is 11.3. The van der Waals surface area contributed by atoms with E-state index < -0.39 is 5.97 Å². The van der Waals surface area contributed by atoms with Gasteiger partial charge in [-0.3, -0.25) is 0 Å². The van der Waals surface area contributed by atoms with Crippen molar-refractivity contribution in [2.24, 2.45) is 0 Å². The Labute approximate surface area is 104 Å². The van der Waals surface area contributed by atoms with Crippen LogP contribution >= 0.6 is 11.6 Å². The van der Waals surface area contributed by atoms with E-state index in [2.05, 4.69) is 0 Å². The van der Waals surface area contributed by atoms with E-state index in [0.29, 0.717) is 5.39 Å². The van der Waals surface area contributed by atoms with E-state index in [1.165, 1.54) is 6.07 Å². The normalized spacial score (nSPS) is 10.4. The fourth-order valence-corrected chi connectivity index (χ4v) is 1.76. The minimum atomic E-state index is -0.556. The lowest BCUT2D eigenvalue weighted by molar-refractivity contribution is 0.0528. The van der Waals surface area contributed by atoms with E-state index in [9.17, 15) is 9.90 Å². The molecule has 0 aliphatic heterocycles. The molecule has 0 aliphatic rings. The average molecular weight is 251 g/mol. The zero-order valence-corrected chi connectivity index (χ0v) is 9.78. The van der Waals surface area contributed by atoms with Crippen LogP contribution < -0.4 is 0 Å². The van der Waals surface area contributed by atoms with E-state index in [0.717, 1.165) is 5.39 Å². The molecular weight excluding hydrogens is 240 g/mol. The second-order valence-electron chi connectivity index (χ2n) is 3.51. The van der Waals surface area contributed by atoms with Gasteiger partial charge in [-0.05, 0) is 16.8 Å². The Balaban J connectivity index is 2.51. The van der Waals surface area contributed by atoms with E-state index in [1.807, 2.05) is 12.1 Å². The Kier molecular flexibility index (Phi) is 3.49. The molecule has 0 atom stereocenters. The smallest absolute Gasteiger partial charge is 0.342 e. The molecule has 0 unspecified atom stereocenters. The fourth-order valence-electron chi connectivity index (χ4n) is 1.68. The third kappa shape index (κ3) is 2.34. The van der Waals surface area contributed by atoms with Crippen LogP contribution in [0.15, 0.2) is 36.4 Å². The van der Waals surface area contributed by atoms with Crippen molar-refractivity contribution in [1.29, 1.82) is 0 Å². The van der Waals surface area contributed by atoms with Crippen LogP contribution in [-0.4, -0.2) is 23.6 Å². The first-order valence-corrected chi connectivity index (χ1v) is 5.71. The third-order valence-electron chi connectivity index (χ3n) is 2.42. The Bertz CT molecular complexity index is 551. The van der Waals surface area contributed by atoms with Crippen molar-refractivity contribution in [3.8, 4) is 5.75 Å². The van der Waals surface area contributed by atoms with Crippen LogP contribution in [0.5, 0.6) is 5.75 Å². The molecule has 2 rings (SSSR count). The molecule has 88 valence electrons. The van der Waals surface area contributed by atoms with Crippen LogP contribution in [-0.2, 0) is 4.74 Å². The number of esters is 1. The van der Waals surface area contributed by atoms with Crippen molar-refractivity contribution in [3.05, 3.63) is 42.0 Å². The lowest BCUT2D eigenvalue weighted by Gasteiger charge is -2.08. The molecule has 2 aromatic carbocycles. The van der Waals surface area contributed by atoms with Crippen LogP contribution in [0.25, 0.3) is 10.8 Å². The van der Waals surface area contributed by atoms with Gasteiger partial charge in [-0.15, -0.1) is 11.6 Å². The zero-order valence-electron chi connectivity index (χ0n) is 9.02. The van der Waals surface area contributed by atoms with Gasteiger partial charge in [0.1, 0.15) is 17.9 Å². The van der Waals surface area contributed by atoms with Crippen molar-refractivity contribution in [3.63, 3.8) is 0 Å². The lowest BCUT2D eigenvalue weighted by Crippen LogP contribution is -2.08. The van der Waals surface area contributed by atoms with Gasteiger partial charge in [0.2, 0.25) is 0 Å². The number of fused-ring (bicyclic) bond motifs is 1. The summed E-state index contributed by atoms with van der Waals surface area (Å²) in [4.78, 5) is 11.8. The van der Waals surface area contributed by atoms with Crippen LogP contribution in [0, 0.1) is 0 Å². The number of halogens is 1.